The molecule has 0 amide bonds. The number of hydrogen-bond acceptors (Lipinski definition) is 6. The Balaban J connectivity index is -0.0000000531. The number of carbonyl (C=O) groups is 2. The Bertz CT molecular complexity index is 612. The van der Waals surface area contributed by atoms with Crippen LogP contribution >= 0.6 is 16.9 Å². The Morgan fingerprint density at radius 3 is 1.07 bits per heavy atom. The van der Waals surface area contributed by atoms with Gasteiger partial charge in [0.15, 0.2) is 11.6 Å². The van der Waals surface area contributed by atoms with Crippen LogP contribution in [-0.2, 0) is 9.59 Å². The maximum Gasteiger partial charge on any atom is 1.00 e. The van der Waals surface area contributed by atoms with Crippen molar-refractivity contribution in [1.29, 1.82) is 0 Å². The molecule has 5 rings (SSSR count). The molecular formula is C25H43B3CeCl3Na2O6. The number of halogens is 3. The third kappa shape index (κ3) is 45.3. The van der Waals surface area contributed by atoms with Gasteiger partial charge >= 0.3 is 107 Å². The smallest absolute Gasteiger partial charge is 1.00 e. The summed E-state index contributed by atoms with van der Waals surface area (Å²) in [5.41, 5.74) is 15.1. The molecule has 0 aliphatic heterocycles. The van der Waals surface area contributed by atoms with Gasteiger partial charge in [0, 0.05) is 29.7 Å². The zero-order valence-corrected chi connectivity index (χ0v) is 33.5. The molecule has 6 nitrogen and oxygen atoms in total. The number of aliphatic hydroxyl groups is 3. The predicted octanol–water partition coefficient (Wildman–Crippen LogP) is -1.05. The van der Waals surface area contributed by atoms with Crippen LogP contribution in [0.1, 0.15) is 92.7 Å². The molecule has 1 atom stereocenters. The summed E-state index contributed by atoms with van der Waals surface area (Å²) in [6, 6.07) is 0. The van der Waals surface area contributed by atoms with E-state index in [0.717, 1.165) is 64.2 Å². The average Bonchev–Trinajstić information content (AvgIpc) is 3.65. The fourth-order valence-corrected chi connectivity index (χ4v) is 3.47. The molecule has 0 aromatic heterocycles. The van der Waals surface area contributed by atoms with Gasteiger partial charge in [-0.1, -0.05) is 50.0 Å². The summed E-state index contributed by atoms with van der Waals surface area (Å²) in [5.74, 6) is 0.546. The molecule has 5 aliphatic carbocycles. The standard InChI is InChI=1S/2C5H10O.C5H8O.2C5H6O.BHO.2B.Ce.3ClH.2Na.2H/c5*6-5-3-1-2-4-5;1-2;;;;;;;;;;/h2*5-6H,1-4H2;1,3,5-6H,2,4H2;2*1,3H,2,4H2;2H;;;;3*1H;;;;/q;;;;;;;;+3;;;;2*+1;2*-1/p-3. The molecule has 40 heavy (non-hydrogen) atoms. The topological polar surface area (TPSA) is 115 Å². The first-order valence-electron chi connectivity index (χ1n) is 12.4. The molecule has 0 bridgehead atoms. The van der Waals surface area contributed by atoms with Crippen LogP contribution in [0.4, 0.5) is 0 Å². The largest absolute Gasteiger partial charge is 1.00 e. The monoisotopic (exact) mass is 763 g/mol. The summed E-state index contributed by atoms with van der Waals surface area (Å²) < 4.78 is 0. The number of rotatable bonds is 0. The average molecular weight is 765 g/mol. The van der Waals surface area contributed by atoms with Gasteiger partial charge in [-0.2, -0.15) is 0 Å². The molecule has 1 unspecified atom stereocenters. The van der Waals surface area contributed by atoms with Crippen molar-refractivity contribution in [2.75, 3.05) is 0 Å². The molecule has 8 radical (unpaired) electrons. The molecule has 0 saturated heterocycles. The second kappa shape index (κ2) is 41.8. The van der Waals surface area contributed by atoms with E-state index in [1.165, 1.54) is 25.7 Å². The zero-order chi connectivity index (χ0) is 27.6. The third-order valence-electron chi connectivity index (χ3n) is 5.36. The van der Waals surface area contributed by atoms with Gasteiger partial charge in [0.1, 0.15) is 0 Å². The first-order chi connectivity index (χ1) is 17.2. The number of allylic oxidation sites excluding steroid dienone is 5. The van der Waals surface area contributed by atoms with Crippen LogP contribution in [0.15, 0.2) is 36.5 Å². The quantitative estimate of drug-likeness (QED) is 0.185. The Labute approximate surface area is 315 Å². The van der Waals surface area contributed by atoms with E-state index in [9.17, 15) is 9.59 Å². The van der Waals surface area contributed by atoms with Crippen LogP contribution < -0.4 is 59.1 Å². The Morgan fingerprint density at radius 2 is 1.00 bits per heavy atom. The summed E-state index contributed by atoms with van der Waals surface area (Å²) in [5, 5.41) is 32.6. The minimum Gasteiger partial charge on any atom is -1.00 e. The minimum atomic E-state index is -2.24. The van der Waals surface area contributed by atoms with Crippen molar-refractivity contribution in [3.63, 3.8) is 0 Å². The maximum atomic E-state index is 10.2. The van der Waals surface area contributed by atoms with Gasteiger partial charge in [-0.05, 0) is 63.5 Å². The molecule has 2 fully saturated rings. The van der Waals surface area contributed by atoms with Crippen molar-refractivity contribution < 1.29 is 123 Å². The second-order valence-electron chi connectivity index (χ2n) is 8.48. The minimum absolute atomic E-state index is 0. The van der Waals surface area contributed by atoms with Crippen molar-refractivity contribution in [1.82, 2.24) is 0 Å². The van der Waals surface area contributed by atoms with Gasteiger partial charge in [-0.3, -0.25) is 9.59 Å². The molecule has 0 aromatic carbocycles. The Kier molecular flexibility index (Phi) is 57.8. The molecule has 5 aliphatic rings. The van der Waals surface area contributed by atoms with E-state index in [1.807, 2.05) is 24.3 Å². The van der Waals surface area contributed by atoms with Crippen LogP contribution in [0.3, 0.4) is 0 Å². The first-order valence-corrected chi connectivity index (χ1v) is 24.2. The van der Waals surface area contributed by atoms with Crippen molar-refractivity contribution in [3.05, 3.63) is 36.5 Å². The predicted molar refractivity (Wildman–Crippen MR) is 159 cm³/mol. The summed E-state index contributed by atoms with van der Waals surface area (Å²) in [7, 11) is 3.50. The van der Waals surface area contributed by atoms with Crippen molar-refractivity contribution in [2.45, 2.75) is 108 Å². The summed E-state index contributed by atoms with van der Waals surface area (Å²) in [6.07, 6.45) is 25.4. The van der Waals surface area contributed by atoms with Crippen LogP contribution in [0.5, 0.6) is 0 Å². The third-order valence-corrected chi connectivity index (χ3v) is 5.36. The maximum absolute atomic E-state index is 10.2. The summed E-state index contributed by atoms with van der Waals surface area (Å²) in [4.78, 5) is 20.3. The molecule has 215 valence electrons. The van der Waals surface area contributed by atoms with Crippen molar-refractivity contribution >= 4 is 53.3 Å². The van der Waals surface area contributed by atoms with Gasteiger partial charge < -0.3 is 23.2 Å². The number of aliphatic hydroxyl groups excluding tert-OH is 3. The Hall–Kier alpha value is 2.84. The molecule has 4 N–H and O–H groups in total. The van der Waals surface area contributed by atoms with Crippen molar-refractivity contribution in [2.24, 2.45) is 0 Å². The summed E-state index contributed by atoms with van der Waals surface area (Å²) in [6.45, 7) is 0. The van der Waals surface area contributed by atoms with Gasteiger partial charge in [0.25, 0.3) is 8.05 Å². The van der Waals surface area contributed by atoms with E-state index >= 15 is 0 Å². The van der Waals surface area contributed by atoms with E-state index < -0.39 is 30.7 Å². The van der Waals surface area contributed by atoms with E-state index in [2.05, 4.69) is 8.05 Å². The fraction of sp³-hybridized carbons (Fsp3) is 0.680. The Morgan fingerprint density at radius 1 is 0.675 bits per heavy atom. The van der Waals surface area contributed by atoms with E-state index in [4.69, 9.17) is 37.2 Å². The molecular weight excluding hydrogens is 721 g/mol. The SMILES string of the molecule is O=C1C=CCC1.O=C1C=CCC1.OC1C=CCC1.OC1CCCC1.OC1CCCC1.[B].[B].[B]O.[Cl][Ce]([Cl])[Cl].[H-].[H-].[Na+].[Na+]. The van der Waals surface area contributed by atoms with Crippen LogP contribution in [0, 0.1) is 30.7 Å². The van der Waals surface area contributed by atoms with Gasteiger partial charge in [-0.15, -0.1) is 0 Å². The molecule has 0 spiro atoms. The second-order valence-corrected chi connectivity index (χ2v) is 22.3. The van der Waals surface area contributed by atoms with Gasteiger partial charge in [0.2, 0.25) is 0 Å². The summed E-state index contributed by atoms with van der Waals surface area (Å²) >= 11 is -2.24. The van der Waals surface area contributed by atoms with E-state index in [1.54, 1.807) is 12.2 Å². The van der Waals surface area contributed by atoms with Crippen LogP contribution in [-0.4, -0.2) is 75.1 Å². The number of hydrogen-bond donors (Lipinski definition) is 4. The molecule has 15 heteroatoms. The van der Waals surface area contributed by atoms with E-state index in [-0.39, 0.29) is 109 Å². The number of ketones is 2. The van der Waals surface area contributed by atoms with E-state index in [0.29, 0.717) is 0 Å². The molecule has 0 aromatic rings. The number of carbonyl (C=O) groups excluding carboxylic acids is 2. The normalized spacial score (nSPS) is 19.1. The van der Waals surface area contributed by atoms with Gasteiger partial charge in [-0.25, -0.2) is 0 Å². The zero-order valence-electron chi connectivity index (χ0n) is 26.1. The van der Waals surface area contributed by atoms with Crippen LogP contribution in [0.2, 0.25) is 0 Å². The van der Waals surface area contributed by atoms with Crippen molar-refractivity contribution in [3.8, 4) is 0 Å². The molecule has 0 heterocycles. The van der Waals surface area contributed by atoms with Gasteiger partial charge in [0.05, 0.1) is 18.3 Å². The fourth-order valence-electron chi connectivity index (χ4n) is 3.47. The first kappa shape index (κ1) is 55.3. The van der Waals surface area contributed by atoms with Crippen LogP contribution in [0.25, 0.3) is 0 Å². The molecule has 2 saturated carbocycles.